The number of dihydropyridines is 1. The van der Waals surface area contributed by atoms with Gasteiger partial charge in [0.05, 0.1) is 5.56 Å². The largest absolute Gasteiger partial charge is 0.416 e. The van der Waals surface area contributed by atoms with Gasteiger partial charge in [0.15, 0.2) is 0 Å². The minimum atomic E-state index is -4.27. The van der Waals surface area contributed by atoms with Gasteiger partial charge >= 0.3 is 6.18 Å². The summed E-state index contributed by atoms with van der Waals surface area (Å²) in [5.41, 5.74) is 0.236. The summed E-state index contributed by atoms with van der Waals surface area (Å²) in [6, 6.07) is 5.24. The standard InChI is InChI=1S/C12H10F3N/c13-12(14,15)11-3-1-9(2-4-11)10-5-7-16-8-6-10/h1-8,10,16H. The molecular formula is C12H10F3N. The first-order chi connectivity index (χ1) is 7.57. The fourth-order valence-corrected chi connectivity index (χ4v) is 1.55. The van der Waals surface area contributed by atoms with Crippen LogP contribution in [0.25, 0.3) is 0 Å². The quantitative estimate of drug-likeness (QED) is 0.772. The molecule has 16 heavy (non-hydrogen) atoms. The van der Waals surface area contributed by atoms with Gasteiger partial charge in [0.1, 0.15) is 0 Å². The van der Waals surface area contributed by atoms with Crippen molar-refractivity contribution in [1.29, 1.82) is 0 Å². The molecule has 0 fully saturated rings. The summed E-state index contributed by atoms with van der Waals surface area (Å²) in [6.07, 6.45) is 3.05. The van der Waals surface area contributed by atoms with E-state index in [0.29, 0.717) is 0 Å². The fraction of sp³-hybridized carbons (Fsp3) is 0.167. The van der Waals surface area contributed by atoms with Crippen LogP contribution in [0.5, 0.6) is 0 Å². The number of allylic oxidation sites excluding steroid dienone is 2. The van der Waals surface area contributed by atoms with Gasteiger partial charge in [-0.2, -0.15) is 13.2 Å². The highest BCUT2D eigenvalue weighted by Crippen LogP contribution is 2.30. The van der Waals surface area contributed by atoms with Crippen LogP contribution in [0.4, 0.5) is 13.2 Å². The Labute approximate surface area is 91.3 Å². The summed E-state index contributed by atoms with van der Waals surface area (Å²) in [5.74, 6) is 0.0449. The molecule has 1 aromatic rings. The molecule has 0 aromatic heterocycles. The Balaban J connectivity index is 2.22. The minimum absolute atomic E-state index is 0.0449. The summed E-state index contributed by atoms with van der Waals surface area (Å²) in [6.45, 7) is 0. The van der Waals surface area contributed by atoms with Crippen LogP contribution < -0.4 is 5.32 Å². The molecule has 1 aliphatic heterocycles. The van der Waals surface area contributed by atoms with Crippen LogP contribution >= 0.6 is 0 Å². The Hall–Kier alpha value is -1.71. The molecule has 0 saturated heterocycles. The van der Waals surface area contributed by atoms with Gasteiger partial charge in [0.2, 0.25) is 0 Å². The SMILES string of the molecule is FC(F)(F)c1ccc(C2C=CNC=C2)cc1. The maximum atomic E-state index is 12.3. The highest BCUT2D eigenvalue weighted by atomic mass is 19.4. The second-order valence-corrected chi connectivity index (χ2v) is 3.53. The van der Waals surface area contributed by atoms with Crippen molar-refractivity contribution in [3.05, 3.63) is 59.9 Å². The van der Waals surface area contributed by atoms with E-state index in [4.69, 9.17) is 0 Å². The average Bonchev–Trinajstić information content (AvgIpc) is 2.29. The smallest absolute Gasteiger partial charge is 0.368 e. The van der Waals surface area contributed by atoms with Crippen molar-refractivity contribution < 1.29 is 13.2 Å². The molecule has 1 aliphatic rings. The third-order valence-electron chi connectivity index (χ3n) is 2.42. The van der Waals surface area contributed by atoms with Gasteiger partial charge in [-0.3, -0.25) is 0 Å². The van der Waals surface area contributed by atoms with Gasteiger partial charge in [0, 0.05) is 5.92 Å². The lowest BCUT2D eigenvalue weighted by atomic mass is 9.97. The number of nitrogens with one attached hydrogen (secondary N) is 1. The Morgan fingerprint density at radius 1 is 0.938 bits per heavy atom. The van der Waals surface area contributed by atoms with Crippen LogP contribution in [0.2, 0.25) is 0 Å². The second-order valence-electron chi connectivity index (χ2n) is 3.53. The predicted molar refractivity (Wildman–Crippen MR) is 55.6 cm³/mol. The maximum Gasteiger partial charge on any atom is 0.416 e. The Bertz CT molecular complexity index is 403. The zero-order chi connectivity index (χ0) is 11.6. The maximum absolute atomic E-state index is 12.3. The Morgan fingerprint density at radius 3 is 2.00 bits per heavy atom. The molecule has 0 radical (unpaired) electrons. The molecule has 0 spiro atoms. The van der Waals surface area contributed by atoms with Crippen LogP contribution in [-0.2, 0) is 6.18 Å². The molecule has 0 unspecified atom stereocenters. The first kappa shape index (κ1) is 10.8. The summed E-state index contributed by atoms with van der Waals surface area (Å²) in [4.78, 5) is 0. The van der Waals surface area contributed by atoms with E-state index in [1.807, 2.05) is 12.2 Å². The summed E-state index contributed by atoms with van der Waals surface area (Å²) in [7, 11) is 0. The van der Waals surface area contributed by atoms with Crippen molar-refractivity contribution in [3.63, 3.8) is 0 Å². The Kier molecular flexibility index (Phi) is 2.73. The van der Waals surface area contributed by atoms with Crippen molar-refractivity contribution in [2.75, 3.05) is 0 Å². The van der Waals surface area contributed by atoms with Gasteiger partial charge in [0.25, 0.3) is 0 Å². The van der Waals surface area contributed by atoms with Crippen LogP contribution in [-0.4, -0.2) is 0 Å². The highest BCUT2D eigenvalue weighted by Gasteiger charge is 2.30. The zero-order valence-electron chi connectivity index (χ0n) is 8.33. The van der Waals surface area contributed by atoms with E-state index in [9.17, 15) is 13.2 Å². The molecule has 0 bridgehead atoms. The topological polar surface area (TPSA) is 12.0 Å². The molecule has 84 valence electrons. The normalized spacial score (nSPS) is 16.2. The molecule has 0 saturated carbocycles. The van der Waals surface area contributed by atoms with E-state index in [1.165, 1.54) is 12.1 Å². The van der Waals surface area contributed by atoms with Crippen molar-refractivity contribution in [1.82, 2.24) is 5.32 Å². The average molecular weight is 225 g/mol. The highest BCUT2D eigenvalue weighted by molar-refractivity contribution is 5.33. The first-order valence-corrected chi connectivity index (χ1v) is 4.84. The van der Waals surface area contributed by atoms with Gasteiger partial charge in [-0.15, -0.1) is 0 Å². The summed E-state index contributed by atoms with van der Waals surface area (Å²) >= 11 is 0. The van der Waals surface area contributed by atoms with Crippen molar-refractivity contribution in [2.45, 2.75) is 12.1 Å². The van der Waals surface area contributed by atoms with Crippen LogP contribution in [0.15, 0.2) is 48.8 Å². The van der Waals surface area contributed by atoms with Crippen LogP contribution in [0, 0.1) is 0 Å². The van der Waals surface area contributed by atoms with Gasteiger partial charge < -0.3 is 5.32 Å². The molecule has 2 rings (SSSR count). The van der Waals surface area contributed by atoms with Gasteiger partial charge in [-0.05, 0) is 30.1 Å². The Morgan fingerprint density at radius 2 is 1.50 bits per heavy atom. The predicted octanol–water partition coefficient (Wildman–Crippen LogP) is 3.42. The fourth-order valence-electron chi connectivity index (χ4n) is 1.55. The summed E-state index contributed by atoms with van der Waals surface area (Å²) in [5, 5.41) is 2.88. The lowest BCUT2D eigenvalue weighted by Crippen LogP contribution is -2.06. The molecular weight excluding hydrogens is 215 g/mol. The van der Waals surface area contributed by atoms with Crippen molar-refractivity contribution in [2.24, 2.45) is 0 Å². The number of halogens is 3. The lowest BCUT2D eigenvalue weighted by Gasteiger charge is -2.13. The second kappa shape index (κ2) is 4.04. The number of rotatable bonds is 1. The van der Waals surface area contributed by atoms with E-state index in [0.717, 1.165) is 17.7 Å². The molecule has 0 aliphatic carbocycles. The zero-order valence-corrected chi connectivity index (χ0v) is 8.33. The minimum Gasteiger partial charge on any atom is -0.368 e. The monoisotopic (exact) mass is 225 g/mol. The number of benzene rings is 1. The van der Waals surface area contributed by atoms with Crippen LogP contribution in [0.3, 0.4) is 0 Å². The van der Waals surface area contributed by atoms with Crippen LogP contribution in [0.1, 0.15) is 17.0 Å². The molecule has 1 nitrogen and oxygen atoms in total. The van der Waals surface area contributed by atoms with Crippen molar-refractivity contribution >= 4 is 0 Å². The van der Waals surface area contributed by atoms with E-state index < -0.39 is 11.7 Å². The molecule has 1 N–H and O–H groups in total. The molecule has 1 heterocycles. The van der Waals surface area contributed by atoms with E-state index >= 15 is 0 Å². The third kappa shape index (κ3) is 2.27. The van der Waals surface area contributed by atoms with E-state index in [2.05, 4.69) is 5.32 Å². The van der Waals surface area contributed by atoms with Crippen molar-refractivity contribution in [3.8, 4) is 0 Å². The number of hydrogen-bond acceptors (Lipinski definition) is 1. The molecule has 0 atom stereocenters. The lowest BCUT2D eigenvalue weighted by molar-refractivity contribution is -0.137. The van der Waals surface area contributed by atoms with Gasteiger partial charge in [-0.1, -0.05) is 24.3 Å². The number of hydrogen-bond donors (Lipinski definition) is 1. The summed E-state index contributed by atoms with van der Waals surface area (Å²) < 4.78 is 37.0. The molecule has 1 aromatic carbocycles. The third-order valence-corrected chi connectivity index (χ3v) is 2.42. The molecule has 4 heteroatoms. The van der Waals surface area contributed by atoms with E-state index in [1.54, 1.807) is 12.4 Å². The molecule has 0 amide bonds. The first-order valence-electron chi connectivity index (χ1n) is 4.84. The van der Waals surface area contributed by atoms with Gasteiger partial charge in [-0.25, -0.2) is 0 Å². The van der Waals surface area contributed by atoms with E-state index in [-0.39, 0.29) is 5.92 Å². The number of alkyl halides is 3.